The monoisotopic (exact) mass is 248 g/mol. The number of hydrogen-bond acceptors (Lipinski definition) is 3. The summed E-state index contributed by atoms with van der Waals surface area (Å²) >= 11 is 0. The van der Waals surface area contributed by atoms with E-state index in [1.165, 1.54) is 24.0 Å². The van der Waals surface area contributed by atoms with Gasteiger partial charge in [0.15, 0.2) is 0 Å². The molecule has 18 heavy (non-hydrogen) atoms. The van der Waals surface area contributed by atoms with Crippen LogP contribution in [0.25, 0.3) is 0 Å². The van der Waals surface area contributed by atoms with Gasteiger partial charge in [0.2, 0.25) is 0 Å². The molecule has 0 heterocycles. The number of rotatable bonds is 7. The van der Waals surface area contributed by atoms with Crippen molar-refractivity contribution < 1.29 is 4.74 Å². The van der Waals surface area contributed by atoms with Crippen molar-refractivity contribution in [3.05, 3.63) is 35.4 Å². The molecule has 1 aliphatic carbocycles. The summed E-state index contributed by atoms with van der Waals surface area (Å²) in [4.78, 5) is 2.30. The van der Waals surface area contributed by atoms with E-state index in [1.807, 2.05) is 0 Å². The second-order valence-corrected chi connectivity index (χ2v) is 5.12. The second kappa shape index (κ2) is 6.88. The van der Waals surface area contributed by atoms with Crippen LogP contribution in [0.15, 0.2) is 24.3 Å². The van der Waals surface area contributed by atoms with Crippen molar-refractivity contribution in [3.63, 3.8) is 0 Å². The first-order valence-corrected chi connectivity index (χ1v) is 6.77. The van der Waals surface area contributed by atoms with Gasteiger partial charge < -0.3 is 15.0 Å². The summed E-state index contributed by atoms with van der Waals surface area (Å²) < 4.78 is 5.07. The Labute approximate surface area is 110 Å². The molecule has 0 radical (unpaired) electrons. The first-order chi connectivity index (χ1) is 8.79. The van der Waals surface area contributed by atoms with Crippen LogP contribution in [0.4, 0.5) is 0 Å². The van der Waals surface area contributed by atoms with E-state index in [9.17, 15) is 0 Å². The summed E-state index contributed by atoms with van der Waals surface area (Å²) in [6, 6.07) is 9.40. The van der Waals surface area contributed by atoms with Gasteiger partial charge in [0.1, 0.15) is 0 Å². The maximum Gasteiger partial charge on any atom is 0.0589 e. The highest BCUT2D eigenvalue weighted by molar-refractivity contribution is 5.33. The molecule has 3 heteroatoms. The van der Waals surface area contributed by atoms with Crippen LogP contribution in [0.1, 0.15) is 11.1 Å². The van der Waals surface area contributed by atoms with Gasteiger partial charge >= 0.3 is 0 Å². The minimum Gasteiger partial charge on any atom is -0.383 e. The maximum absolute atomic E-state index is 5.07. The molecule has 0 unspecified atom stereocenters. The van der Waals surface area contributed by atoms with E-state index >= 15 is 0 Å². The van der Waals surface area contributed by atoms with Crippen LogP contribution in [-0.2, 0) is 17.6 Å². The first-order valence-electron chi connectivity index (χ1n) is 6.77. The van der Waals surface area contributed by atoms with Crippen LogP contribution in [0.3, 0.4) is 0 Å². The third-order valence-electron chi connectivity index (χ3n) is 3.65. The highest BCUT2D eigenvalue weighted by atomic mass is 16.5. The average Bonchev–Trinajstić information content (AvgIpc) is 2.79. The molecule has 3 nitrogen and oxygen atoms in total. The summed E-state index contributed by atoms with van der Waals surface area (Å²) in [6.45, 7) is 3.95. The molecular weight excluding hydrogens is 224 g/mol. The van der Waals surface area contributed by atoms with Crippen molar-refractivity contribution in [2.75, 3.05) is 40.4 Å². The lowest BCUT2D eigenvalue weighted by Gasteiger charge is -2.18. The maximum atomic E-state index is 5.07. The molecule has 0 atom stereocenters. The zero-order valence-corrected chi connectivity index (χ0v) is 11.5. The molecule has 1 N–H and O–H groups in total. The van der Waals surface area contributed by atoms with Crippen LogP contribution < -0.4 is 5.32 Å². The van der Waals surface area contributed by atoms with Gasteiger partial charge in [0.05, 0.1) is 6.61 Å². The van der Waals surface area contributed by atoms with Crippen LogP contribution in [0.5, 0.6) is 0 Å². The fraction of sp³-hybridized carbons (Fsp3) is 0.600. The topological polar surface area (TPSA) is 24.5 Å². The summed E-state index contributed by atoms with van der Waals surface area (Å²) in [5.74, 6) is 0. The Morgan fingerprint density at radius 1 is 1.22 bits per heavy atom. The molecule has 2 rings (SSSR count). The molecule has 100 valence electrons. The van der Waals surface area contributed by atoms with Gasteiger partial charge in [-0.3, -0.25) is 0 Å². The molecule has 0 fully saturated rings. The highest BCUT2D eigenvalue weighted by Gasteiger charge is 2.19. The van der Waals surface area contributed by atoms with E-state index in [0.29, 0.717) is 6.04 Å². The van der Waals surface area contributed by atoms with Crippen LogP contribution in [0, 0.1) is 0 Å². The third-order valence-corrected chi connectivity index (χ3v) is 3.65. The number of likely N-dealkylation sites (N-methyl/N-ethyl adjacent to an activating group) is 1. The quantitative estimate of drug-likeness (QED) is 0.787. The van der Waals surface area contributed by atoms with Crippen molar-refractivity contribution in [2.45, 2.75) is 18.9 Å². The molecule has 0 saturated carbocycles. The Morgan fingerprint density at radius 3 is 2.50 bits per heavy atom. The zero-order valence-electron chi connectivity index (χ0n) is 11.5. The Hall–Kier alpha value is -0.900. The number of fused-ring (bicyclic) bond motifs is 1. The summed E-state index contributed by atoms with van der Waals surface area (Å²) in [7, 11) is 3.89. The van der Waals surface area contributed by atoms with Gasteiger partial charge in [-0.25, -0.2) is 0 Å². The van der Waals surface area contributed by atoms with Crippen LogP contribution >= 0.6 is 0 Å². The summed E-state index contributed by atoms with van der Waals surface area (Å²) in [6.07, 6.45) is 2.36. The molecular formula is C15H24N2O. The molecule has 0 spiro atoms. The Kier molecular flexibility index (Phi) is 5.17. The summed E-state index contributed by atoms with van der Waals surface area (Å²) in [5, 5.41) is 3.65. The van der Waals surface area contributed by atoms with Crippen LogP contribution in [0.2, 0.25) is 0 Å². The first kappa shape index (κ1) is 13.5. The van der Waals surface area contributed by atoms with Crippen molar-refractivity contribution in [1.82, 2.24) is 10.2 Å². The van der Waals surface area contributed by atoms with E-state index < -0.39 is 0 Å². The lowest BCUT2D eigenvalue weighted by atomic mass is 10.1. The molecule has 0 amide bonds. The molecule has 0 saturated heterocycles. The summed E-state index contributed by atoms with van der Waals surface area (Å²) in [5.41, 5.74) is 3.03. The fourth-order valence-corrected chi connectivity index (χ4v) is 2.52. The van der Waals surface area contributed by atoms with E-state index in [-0.39, 0.29) is 0 Å². The minimum absolute atomic E-state index is 0.623. The van der Waals surface area contributed by atoms with Gasteiger partial charge in [-0.2, -0.15) is 0 Å². The van der Waals surface area contributed by atoms with Crippen molar-refractivity contribution in [2.24, 2.45) is 0 Å². The molecule has 1 aromatic carbocycles. The van der Waals surface area contributed by atoms with Gasteiger partial charge in [-0.15, -0.1) is 0 Å². The number of nitrogens with zero attached hydrogens (tertiary/aromatic N) is 1. The predicted molar refractivity (Wildman–Crippen MR) is 75.0 cm³/mol. The largest absolute Gasteiger partial charge is 0.383 e. The Morgan fingerprint density at radius 2 is 1.89 bits per heavy atom. The van der Waals surface area contributed by atoms with Gasteiger partial charge in [0, 0.05) is 32.8 Å². The van der Waals surface area contributed by atoms with E-state index in [0.717, 1.165) is 26.2 Å². The van der Waals surface area contributed by atoms with Gasteiger partial charge in [0.25, 0.3) is 0 Å². The van der Waals surface area contributed by atoms with Gasteiger partial charge in [-0.1, -0.05) is 24.3 Å². The molecule has 1 aliphatic rings. The lowest BCUT2D eigenvalue weighted by molar-refractivity contribution is 0.161. The van der Waals surface area contributed by atoms with Crippen LogP contribution in [-0.4, -0.2) is 51.3 Å². The van der Waals surface area contributed by atoms with Crippen molar-refractivity contribution in [1.29, 1.82) is 0 Å². The standard InChI is InChI=1S/C15H24N2O/c1-17(9-10-18-2)8-7-16-15-11-13-5-3-4-6-14(13)12-15/h3-6,15-16H,7-12H2,1-2H3. The van der Waals surface area contributed by atoms with Gasteiger partial charge in [-0.05, 0) is 31.0 Å². The fourth-order valence-electron chi connectivity index (χ4n) is 2.52. The SMILES string of the molecule is COCCN(C)CCNC1Cc2ccccc2C1. The third kappa shape index (κ3) is 3.80. The lowest BCUT2D eigenvalue weighted by Crippen LogP contribution is -2.37. The van der Waals surface area contributed by atoms with E-state index in [4.69, 9.17) is 4.74 Å². The highest BCUT2D eigenvalue weighted by Crippen LogP contribution is 2.21. The normalized spacial score (nSPS) is 15.3. The zero-order chi connectivity index (χ0) is 12.8. The number of nitrogens with one attached hydrogen (secondary N) is 1. The average molecular weight is 248 g/mol. The molecule has 1 aromatic rings. The minimum atomic E-state index is 0.623. The smallest absolute Gasteiger partial charge is 0.0589 e. The molecule has 0 aliphatic heterocycles. The van der Waals surface area contributed by atoms with Crippen molar-refractivity contribution >= 4 is 0 Å². The predicted octanol–water partition coefficient (Wildman–Crippen LogP) is 1.32. The number of ether oxygens (including phenoxy) is 1. The van der Waals surface area contributed by atoms with E-state index in [2.05, 4.69) is 41.5 Å². The number of methoxy groups -OCH3 is 1. The molecule has 0 bridgehead atoms. The Balaban J connectivity index is 1.65. The number of benzene rings is 1. The Bertz CT molecular complexity index is 342. The number of hydrogen-bond donors (Lipinski definition) is 1. The second-order valence-electron chi connectivity index (χ2n) is 5.12. The van der Waals surface area contributed by atoms with E-state index in [1.54, 1.807) is 7.11 Å². The van der Waals surface area contributed by atoms with Crippen molar-refractivity contribution in [3.8, 4) is 0 Å². The molecule has 0 aromatic heterocycles.